The van der Waals surface area contributed by atoms with Gasteiger partial charge in [0, 0.05) is 36.6 Å². The summed E-state index contributed by atoms with van der Waals surface area (Å²) in [6.07, 6.45) is 6.73. The first-order valence-electron chi connectivity index (χ1n) is 9.23. The fourth-order valence-electron chi connectivity index (χ4n) is 3.55. The molecule has 0 atom stereocenters. The van der Waals surface area contributed by atoms with Gasteiger partial charge in [-0.25, -0.2) is 15.0 Å². The summed E-state index contributed by atoms with van der Waals surface area (Å²) in [4.78, 5) is 25.4. The Labute approximate surface area is 156 Å². The number of nitrogens with one attached hydrogen (secondary N) is 1. The molecule has 4 rings (SSSR count). The number of amides is 1. The molecule has 1 saturated carbocycles. The van der Waals surface area contributed by atoms with E-state index in [1.165, 1.54) is 0 Å². The Bertz CT molecular complexity index is 961. The number of fused-ring (bicyclic) bond motifs is 1. The minimum atomic E-state index is -0.0484. The van der Waals surface area contributed by atoms with E-state index < -0.39 is 0 Å². The summed E-state index contributed by atoms with van der Waals surface area (Å²) in [6.45, 7) is 2.00. The number of aliphatic hydroxyl groups is 1. The number of oxazole rings is 1. The van der Waals surface area contributed by atoms with Crippen molar-refractivity contribution in [3.63, 3.8) is 0 Å². The van der Waals surface area contributed by atoms with Gasteiger partial charge in [-0.15, -0.1) is 0 Å². The number of nitrogens with zero attached hydrogens (tertiary/aromatic N) is 3. The van der Waals surface area contributed by atoms with Gasteiger partial charge in [0.05, 0.1) is 11.7 Å². The smallest absolute Gasteiger partial charge is 0.229 e. The van der Waals surface area contributed by atoms with Crippen LogP contribution in [0, 0.1) is 18.8 Å². The third kappa shape index (κ3) is 3.83. The summed E-state index contributed by atoms with van der Waals surface area (Å²) in [6, 6.07) is 5.76. The van der Waals surface area contributed by atoms with Crippen LogP contribution in [0.4, 0.5) is 5.95 Å². The van der Waals surface area contributed by atoms with E-state index in [1.54, 1.807) is 19.3 Å². The third-order valence-corrected chi connectivity index (χ3v) is 5.20. The van der Waals surface area contributed by atoms with Crippen molar-refractivity contribution in [2.75, 3.05) is 11.9 Å². The molecule has 7 heteroatoms. The largest absolute Gasteiger partial charge is 0.441 e. The molecule has 1 aliphatic carbocycles. The molecular weight excluding hydrogens is 344 g/mol. The Hall–Kier alpha value is -2.80. The van der Waals surface area contributed by atoms with Gasteiger partial charge >= 0.3 is 0 Å². The van der Waals surface area contributed by atoms with Gasteiger partial charge in [-0.05, 0) is 37.7 Å². The molecule has 3 aromatic rings. The summed E-state index contributed by atoms with van der Waals surface area (Å²) in [5.41, 5.74) is 1.61. The van der Waals surface area contributed by atoms with Crippen molar-refractivity contribution in [2.45, 2.75) is 32.6 Å². The number of hydrogen-bond donors (Lipinski definition) is 2. The van der Waals surface area contributed by atoms with E-state index in [0.717, 1.165) is 42.1 Å². The van der Waals surface area contributed by atoms with Crippen molar-refractivity contribution >= 4 is 22.8 Å². The van der Waals surface area contributed by atoms with Crippen molar-refractivity contribution in [1.29, 1.82) is 0 Å². The van der Waals surface area contributed by atoms with Crippen molar-refractivity contribution in [3.8, 4) is 11.3 Å². The minimum Gasteiger partial charge on any atom is -0.441 e. The number of anilines is 1. The first-order valence-corrected chi connectivity index (χ1v) is 9.23. The summed E-state index contributed by atoms with van der Waals surface area (Å²) in [5, 5.41) is 13.0. The second-order valence-electron chi connectivity index (χ2n) is 7.10. The molecule has 0 aliphatic heterocycles. The number of rotatable bonds is 4. The van der Waals surface area contributed by atoms with Gasteiger partial charge in [-0.1, -0.05) is 12.1 Å². The Kier molecular flexibility index (Phi) is 4.85. The van der Waals surface area contributed by atoms with Crippen LogP contribution < -0.4 is 5.32 Å². The number of aliphatic hydroxyl groups excluding tert-OH is 1. The van der Waals surface area contributed by atoms with Crippen LogP contribution in [0.3, 0.4) is 0 Å². The van der Waals surface area contributed by atoms with E-state index in [4.69, 9.17) is 4.42 Å². The predicted molar refractivity (Wildman–Crippen MR) is 101 cm³/mol. The Balaban J connectivity index is 1.51. The summed E-state index contributed by atoms with van der Waals surface area (Å²) >= 11 is 0. The molecule has 7 nitrogen and oxygen atoms in total. The minimum absolute atomic E-state index is 0.0457. The van der Waals surface area contributed by atoms with Crippen LogP contribution in [0.5, 0.6) is 0 Å². The number of carbonyl (C=O) groups is 1. The zero-order valence-electron chi connectivity index (χ0n) is 15.2. The van der Waals surface area contributed by atoms with Gasteiger partial charge in [0.1, 0.15) is 0 Å². The molecule has 2 heterocycles. The lowest BCUT2D eigenvalue weighted by molar-refractivity contribution is -0.121. The SMILES string of the molecule is Cc1ncc(-c2ccc3cnc(NC(=O)[C@H]4CC[C@H](CO)CC4)nc3c2)o1. The van der Waals surface area contributed by atoms with Gasteiger partial charge < -0.3 is 9.52 Å². The second kappa shape index (κ2) is 7.44. The van der Waals surface area contributed by atoms with E-state index in [0.29, 0.717) is 23.5 Å². The van der Waals surface area contributed by atoms with Crippen LogP contribution in [0.1, 0.15) is 31.6 Å². The van der Waals surface area contributed by atoms with E-state index in [9.17, 15) is 9.90 Å². The van der Waals surface area contributed by atoms with Crippen molar-refractivity contribution < 1.29 is 14.3 Å². The Morgan fingerprint density at radius 2 is 2.04 bits per heavy atom. The Morgan fingerprint density at radius 1 is 1.22 bits per heavy atom. The standard InChI is InChI=1S/C20H22N4O3/c1-12-21-10-18(27-12)15-6-7-16-9-22-20(23-17(16)8-15)24-19(26)14-4-2-13(11-25)3-5-14/h6-10,13-14,25H,2-5,11H2,1H3,(H,22,23,24,26)/t13-,14-. The molecule has 0 radical (unpaired) electrons. The number of aromatic nitrogens is 3. The second-order valence-corrected chi connectivity index (χ2v) is 7.10. The van der Waals surface area contributed by atoms with Crippen LogP contribution in [0.2, 0.25) is 0 Å². The molecular formula is C20H22N4O3. The highest BCUT2D eigenvalue weighted by Gasteiger charge is 2.26. The molecule has 140 valence electrons. The number of hydrogen-bond acceptors (Lipinski definition) is 6. The molecule has 1 aliphatic rings. The van der Waals surface area contributed by atoms with Crippen LogP contribution in [-0.2, 0) is 4.79 Å². The van der Waals surface area contributed by atoms with Gasteiger partial charge in [-0.3, -0.25) is 10.1 Å². The van der Waals surface area contributed by atoms with Crippen LogP contribution in [0.25, 0.3) is 22.2 Å². The van der Waals surface area contributed by atoms with Gasteiger partial charge in [-0.2, -0.15) is 0 Å². The van der Waals surface area contributed by atoms with E-state index in [-0.39, 0.29) is 18.4 Å². The van der Waals surface area contributed by atoms with Crippen LogP contribution in [0.15, 0.2) is 35.0 Å². The predicted octanol–water partition coefficient (Wildman–Crippen LogP) is 3.33. The maximum absolute atomic E-state index is 12.5. The van der Waals surface area contributed by atoms with Crippen molar-refractivity contribution in [3.05, 3.63) is 36.5 Å². The average molecular weight is 366 g/mol. The zero-order chi connectivity index (χ0) is 18.8. The summed E-state index contributed by atoms with van der Waals surface area (Å²) in [5.74, 6) is 1.83. The maximum atomic E-state index is 12.5. The summed E-state index contributed by atoms with van der Waals surface area (Å²) in [7, 11) is 0. The van der Waals surface area contributed by atoms with Gasteiger partial charge in [0.25, 0.3) is 0 Å². The topological polar surface area (TPSA) is 101 Å². The first kappa shape index (κ1) is 17.6. The number of aryl methyl sites for hydroxylation is 1. The van der Waals surface area contributed by atoms with Crippen molar-refractivity contribution in [1.82, 2.24) is 15.0 Å². The monoisotopic (exact) mass is 366 g/mol. The normalized spacial score (nSPS) is 19.9. The lowest BCUT2D eigenvalue weighted by Gasteiger charge is -2.26. The maximum Gasteiger partial charge on any atom is 0.229 e. The van der Waals surface area contributed by atoms with Gasteiger partial charge in [0.15, 0.2) is 11.7 Å². The molecule has 2 N–H and O–H groups in total. The van der Waals surface area contributed by atoms with Crippen LogP contribution in [-0.4, -0.2) is 32.6 Å². The van der Waals surface area contributed by atoms with Crippen molar-refractivity contribution in [2.24, 2.45) is 11.8 Å². The molecule has 0 spiro atoms. The molecule has 0 bridgehead atoms. The number of benzene rings is 1. The molecule has 0 unspecified atom stereocenters. The van der Waals surface area contributed by atoms with Gasteiger partial charge in [0.2, 0.25) is 11.9 Å². The lowest BCUT2D eigenvalue weighted by Crippen LogP contribution is -2.28. The highest BCUT2D eigenvalue weighted by atomic mass is 16.4. The van der Waals surface area contributed by atoms with Crippen LogP contribution >= 0.6 is 0 Å². The first-order chi connectivity index (χ1) is 13.1. The third-order valence-electron chi connectivity index (χ3n) is 5.20. The molecule has 0 saturated heterocycles. The zero-order valence-corrected chi connectivity index (χ0v) is 15.2. The van der Waals surface area contributed by atoms with E-state index in [2.05, 4.69) is 20.3 Å². The van der Waals surface area contributed by atoms with E-state index >= 15 is 0 Å². The fourth-order valence-corrected chi connectivity index (χ4v) is 3.55. The fraction of sp³-hybridized carbons (Fsp3) is 0.400. The molecule has 1 amide bonds. The highest BCUT2D eigenvalue weighted by Crippen LogP contribution is 2.29. The Morgan fingerprint density at radius 3 is 2.74 bits per heavy atom. The number of carbonyl (C=O) groups excluding carboxylic acids is 1. The van der Waals surface area contributed by atoms with E-state index in [1.807, 2.05) is 18.2 Å². The highest BCUT2D eigenvalue weighted by molar-refractivity contribution is 5.92. The summed E-state index contributed by atoms with van der Waals surface area (Å²) < 4.78 is 5.57. The average Bonchev–Trinajstić information content (AvgIpc) is 3.14. The quantitative estimate of drug-likeness (QED) is 0.734. The molecule has 27 heavy (non-hydrogen) atoms. The molecule has 2 aromatic heterocycles. The molecule has 1 fully saturated rings. The lowest BCUT2D eigenvalue weighted by atomic mass is 9.82. The molecule has 1 aromatic carbocycles.